The molecule has 0 atom stereocenters. The molecule has 2 nitrogen and oxygen atoms in total. The molecule has 120 valence electrons. The molecule has 2 aromatic rings. The number of nitrogens with one attached hydrogen (secondary N) is 1. The summed E-state index contributed by atoms with van der Waals surface area (Å²) in [6, 6.07) is 10.3. The Hall–Kier alpha value is -1.57. The highest BCUT2D eigenvalue weighted by molar-refractivity contribution is 5.78. The molecule has 0 aliphatic carbocycles. The quantitative estimate of drug-likeness (QED) is 0.586. The highest BCUT2D eigenvalue weighted by Gasteiger charge is 2.03. The molecule has 1 heterocycles. The SMILES string of the molecule is CCCCCCCCCCn1c(C)cc(=N)c2ccccc21. The number of aryl methyl sites for hydroxylation is 2. The monoisotopic (exact) mass is 298 g/mol. The molecule has 0 aliphatic rings. The maximum atomic E-state index is 8.11. The van der Waals surface area contributed by atoms with Gasteiger partial charge in [-0.15, -0.1) is 0 Å². The first-order chi connectivity index (χ1) is 10.7. The van der Waals surface area contributed by atoms with E-state index in [0.29, 0.717) is 5.36 Å². The Morgan fingerprint density at radius 3 is 2.27 bits per heavy atom. The third-order valence-corrected chi connectivity index (χ3v) is 4.50. The van der Waals surface area contributed by atoms with Crippen LogP contribution in [0.4, 0.5) is 0 Å². The van der Waals surface area contributed by atoms with Gasteiger partial charge in [0.15, 0.2) is 0 Å². The molecular weight excluding hydrogens is 268 g/mol. The van der Waals surface area contributed by atoms with Crippen molar-refractivity contribution in [2.75, 3.05) is 0 Å². The molecule has 0 radical (unpaired) electrons. The van der Waals surface area contributed by atoms with Crippen LogP contribution in [0.3, 0.4) is 0 Å². The fourth-order valence-electron chi connectivity index (χ4n) is 3.19. The average Bonchev–Trinajstić information content (AvgIpc) is 2.52. The number of nitrogens with zero attached hydrogens (tertiary/aromatic N) is 1. The molecule has 2 rings (SSSR count). The molecule has 1 aromatic carbocycles. The van der Waals surface area contributed by atoms with Gasteiger partial charge in [-0.25, -0.2) is 0 Å². The summed E-state index contributed by atoms with van der Waals surface area (Å²) in [5.74, 6) is 0. The predicted molar refractivity (Wildman–Crippen MR) is 95.1 cm³/mol. The van der Waals surface area contributed by atoms with E-state index in [1.807, 2.05) is 12.1 Å². The summed E-state index contributed by atoms with van der Waals surface area (Å²) in [7, 11) is 0. The van der Waals surface area contributed by atoms with E-state index in [1.165, 1.54) is 62.6 Å². The van der Waals surface area contributed by atoms with Crippen LogP contribution < -0.4 is 5.36 Å². The number of benzene rings is 1. The van der Waals surface area contributed by atoms with Crippen LogP contribution in [0.25, 0.3) is 10.9 Å². The van der Waals surface area contributed by atoms with Crippen molar-refractivity contribution in [3.8, 4) is 0 Å². The van der Waals surface area contributed by atoms with Gasteiger partial charge in [-0.3, -0.25) is 0 Å². The van der Waals surface area contributed by atoms with Crippen LogP contribution in [0.1, 0.15) is 64.0 Å². The zero-order valence-electron chi connectivity index (χ0n) is 14.2. The Labute approximate surface area is 134 Å². The highest BCUT2D eigenvalue weighted by Crippen LogP contribution is 2.15. The average molecular weight is 298 g/mol. The minimum Gasteiger partial charge on any atom is -0.345 e. The van der Waals surface area contributed by atoms with Crippen LogP contribution in [-0.2, 0) is 6.54 Å². The maximum Gasteiger partial charge on any atom is 0.0650 e. The van der Waals surface area contributed by atoms with E-state index in [4.69, 9.17) is 5.41 Å². The molecule has 22 heavy (non-hydrogen) atoms. The lowest BCUT2D eigenvalue weighted by molar-refractivity contribution is 0.544. The van der Waals surface area contributed by atoms with Crippen LogP contribution in [0.2, 0.25) is 0 Å². The van der Waals surface area contributed by atoms with Gasteiger partial charge in [0.05, 0.1) is 10.9 Å². The molecule has 0 saturated heterocycles. The zero-order valence-corrected chi connectivity index (χ0v) is 14.2. The second-order valence-electron chi connectivity index (χ2n) is 6.34. The Bertz CT molecular complexity index is 640. The van der Waals surface area contributed by atoms with Gasteiger partial charge >= 0.3 is 0 Å². The van der Waals surface area contributed by atoms with E-state index in [0.717, 1.165) is 11.9 Å². The number of aromatic nitrogens is 1. The number of rotatable bonds is 9. The summed E-state index contributed by atoms with van der Waals surface area (Å²) in [6.45, 7) is 5.46. The first-order valence-corrected chi connectivity index (χ1v) is 8.88. The normalized spacial score (nSPS) is 11.2. The van der Waals surface area contributed by atoms with Gasteiger partial charge in [-0.2, -0.15) is 0 Å². The number of para-hydroxylation sites is 1. The molecule has 1 N–H and O–H groups in total. The molecule has 0 bridgehead atoms. The van der Waals surface area contributed by atoms with Gasteiger partial charge in [0.1, 0.15) is 0 Å². The lowest BCUT2D eigenvalue weighted by atomic mass is 10.1. The minimum absolute atomic E-state index is 0.639. The molecule has 2 heteroatoms. The van der Waals surface area contributed by atoms with Gasteiger partial charge in [-0.1, -0.05) is 70.1 Å². The Morgan fingerprint density at radius 2 is 1.55 bits per heavy atom. The molecule has 0 unspecified atom stereocenters. The van der Waals surface area contributed by atoms with Crippen molar-refractivity contribution in [2.45, 2.75) is 71.8 Å². The van der Waals surface area contributed by atoms with E-state index < -0.39 is 0 Å². The van der Waals surface area contributed by atoms with Crippen molar-refractivity contribution in [3.05, 3.63) is 41.4 Å². The van der Waals surface area contributed by atoms with Crippen LogP contribution in [-0.4, -0.2) is 4.57 Å². The summed E-state index contributed by atoms with van der Waals surface area (Å²) in [5.41, 5.74) is 2.40. The standard InChI is InChI=1S/C20H30N2/c1-3-4-5-6-7-8-9-12-15-22-17(2)16-19(21)18-13-10-11-14-20(18)22/h10-11,13-14,16,21H,3-9,12,15H2,1-2H3. The third-order valence-electron chi connectivity index (χ3n) is 4.50. The van der Waals surface area contributed by atoms with Crippen molar-refractivity contribution in [3.63, 3.8) is 0 Å². The summed E-state index contributed by atoms with van der Waals surface area (Å²) in [5, 5.41) is 9.81. The van der Waals surface area contributed by atoms with Gasteiger partial charge < -0.3 is 9.98 Å². The fraction of sp³-hybridized carbons (Fsp3) is 0.550. The summed E-state index contributed by atoms with van der Waals surface area (Å²) in [6.07, 6.45) is 10.8. The highest BCUT2D eigenvalue weighted by atomic mass is 15.0. The topological polar surface area (TPSA) is 28.8 Å². The van der Waals surface area contributed by atoms with Crippen LogP contribution in [0, 0.1) is 12.3 Å². The molecule has 1 aromatic heterocycles. The van der Waals surface area contributed by atoms with Crippen molar-refractivity contribution in [1.82, 2.24) is 4.57 Å². The summed E-state index contributed by atoms with van der Waals surface area (Å²) < 4.78 is 2.38. The van der Waals surface area contributed by atoms with Gasteiger partial charge in [0, 0.05) is 17.6 Å². The van der Waals surface area contributed by atoms with E-state index >= 15 is 0 Å². The minimum atomic E-state index is 0.639. The third kappa shape index (κ3) is 4.46. The Kier molecular flexibility index (Phi) is 6.70. The zero-order chi connectivity index (χ0) is 15.8. The van der Waals surface area contributed by atoms with Crippen LogP contribution in [0.5, 0.6) is 0 Å². The molecule has 0 amide bonds. The number of hydrogen-bond donors (Lipinski definition) is 1. The van der Waals surface area contributed by atoms with E-state index in [9.17, 15) is 0 Å². The lowest BCUT2D eigenvalue weighted by Crippen LogP contribution is -2.12. The van der Waals surface area contributed by atoms with Crippen molar-refractivity contribution in [1.29, 1.82) is 5.41 Å². The van der Waals surface area contributed by atoms with E-state index in [2.05, 4.69) is 36.6 Å². The van der Waals surface area contributed by atoms with Crippen molar-refractivity contribution < 1.29 is 0 Å². The Morgan fingerprint density at radius 1 is 0.909 bits per heavy atom. The van der Waals surface area contributed by atoms with E-state index in [1.54, 1.807) is 0 Å². The van der Waals surface area contributed by atoms with Gasteiger partial charge in [0.2, 0.25) is 0 Å². The number of pyridine rings is 1. The molecule has 0 fully saturated rings. The Balaban J connectivity index is 1.88. The smallest absolute Gasteiger partial charge is 0.0650 e. The number of fused-ring (bicyclic) bond motifs is 1. The first kappa shape index (κ1) is 16.8. The van der Waals surface area contributed by atoms with Crippen LogP contribution in [0.15, 0.2) is 30.3 Å². The molecular formula is C20H30N2. The summed E-state index contributed by atoms with van der Waals surface area (Å²) >= 11 is 0. The van der Waals surface area contributed by atoms with Gasteiger partial charge in [0.25, 0.3) is 0 Å². The van der Waals surface area contributed by atoms with Crippen LogP contribution >= 0.6 is 0 Å². The van der Waals surface area contributed by atoms with E-state index in [-0.39, 0.29) is 0 Å². The maximum absolute atomic E-state index is 8.11. The number of unbranched alkanes of at least 4 members (excludes halogenated alkanes) is 7. The number of hydrogen-bond acceptors (Lipinski definition) is 1. The fourth-order valence-corrected chi connectivity index (χ4v) is 3.19. The summed E-state index contributed by atoms with van der Waals surface area (Å²) in [4.78, 5) is 0. The predicted octanol–water partition coefficient (Wildman–Crippen LogP) is 5.57. The molecule has 0 saturated carbocycles. The second kappa shape index (κ2) is 8.77. The lowest BCUT2D eigenvalue weighted by Gasteiger charge is -2.15. The largest absolute Gasteiger partial charge is 0.345 e. The van der Waals surface area contributed by atoms with Crippen molar-refractivity contribution in [2.24, 2.45) is 0 Å². The molecule has 0 aliphatic heterocycles. The van der Waals surface area contributed by atoms with Gasteiger partial charge in [-0.05, 0) is 25.5 Å². The van der Waals surface area contributed by atoms with Crippen molar-refractivity contribution >= 4 is 10.9 Å². The molecule has 0 spiro atoms. The second-order valence-corrected chi connectivity index (χ2v) is 6.34. The first-order valence-electron chi connectivity index (χ1n) is 8.88.